The molecule has 1 amide bonds. The number of rotatable bonds is 27. The highest BCUT2D eigenvalue weighted by atomic mass is 16.3. The van der Waals surface area contributed by atoms with Gasteiger partial charge in [-0.3, -0.25) is 4.79 Å². The molecule has 4 heteroatoms. The average molecular weight is 544 g/mol. The molecule has 0 saturated carbocycles. The molecule has 224 valence electrons. The van der Waals surface area contributed by atoms with Crippen molar-refractivity contribution in [1.82, 2.24) is 5.32 Å². The number of carbonyl (C=O) groups excluding carboxylic acids is 1. The van der Waals surface area contributed by atoms with E-state index in [-0.39, 0.29) is 12.5 Å². The molecule has 0 aliphatic heterocycles. The molecule has 0 rings (SSSR count). The van der Waals surface area contributed by atoms with Crippen LogP contribution in [-0.2, 0) is 4.79 Å². The molecule has 2 atom stereocenters. The summed E-state index contributed by atoms with van der Waals surface area (Å²) >= 11 is 0. The monoisotopic (exact) mass is 543 g/mol. The van der Waals surface area contributed by atoms with E-state index in [1.165, 1.54) is 64.2 Å². The van der Waals surface area contributed by atoms with Crippen LogP contribution < -0.4 is 5.32 Å². The van der Waals surface area contributed by atoms with E-state index in [0.29, 0.717) is 6.42 Å². The Morgan fingerprint density at radius 3 is 1.77 bits per heavy atom. The van der Waals surface area contributed by atoms with Crippen LogP contribution >= 0.6 is 0 Å². The zero-order valence-electron chi connectivity index (χ0n) is 25.4. The predicted octanol–water partition coefficient (Wildman–Crippen LogP) is 9.06. The van der Waals surface area contributed by atoms with Crippen molar-refractivity contribution in [3.05, 3.63) is 60.8 Å². The van der Waals surface area contributed by atoms with Gasteiger partial charge in [0.25, 0.3) is 0 Å². The molecule has 0 bridgehead atoms. The van der Waals surface area contributed by atoms with E-state index >= 15 is 0 Å². The van der Waals surface area contributed by atoms with Gasteiger partial charge in [0.2, 0.25) is 5.91 Å². The van der Waals surface area contributed by atoms with E-state index in [0.717, 1.165) is 51.4 Å². The fourth-order valence-corrected chi connectivity index (χ4v) is 4.30. The van der Waals surface area contributed by atoms with Crippen LogP contribution in [0.1, 0.15) is 136 Å². The highest BCUT2D eigenvalue weighted by molar-refractivity contribution is 5.76. The van der Waals surface area contributed by atoms with Crippen LogP contribution in [0.5, 0.6) is 0 Å². The lowest BCUT2D eigenvalue weighted by Gasteiger charge is -2.19. The molecule has 0 radical (unpaired) electrons. The lowest BCUT2D eigenvalue weighted by molar-refractivity contribution is -0.123. The number of unbranched alkanes of at least 4 members (excludes halogenated alkanes) is 13. The van der Waals surface area contributed by atoms with Gasteiger partial charge in [-0.2, -0.15) is 0 Å². The maximum absolute atomic E-state index is 12.2. The Morgan fingerprint density at radius 1 is 0.667 bits per heavy atom. The lowest BCUT2D eigenvalue weighted by Crippen LogP contribution is -2.45. The Bertz CT molecular complexity index is 677. The van der Waals surface area contributed by atoms with Gasteiger partial charge < -0.3 is 15.5 Å². The van der Waals surface area contributed by atoms with Crippen LogP contribution in [0.4, 0.5) is 0 Å². The summed E-state index contributed by atoms with van der Waals surface area (Å²) in [7, 11) is 0. The fourth-order valence-electron chi connectivity index (χ4n) is 4.30. The molecule has 0 aliphatic carbocycles. The number of amides is 1. The van der Waals surface area contributed by atoms with E-state index in [4.69, 9.17) is 0 Å². The van der Waals surface area contributed by atoms with E-state index in [9.17, 15) is 15.0 Å². The number of aliphatic hydroxyl groups is 2. The summed E-state index contributed by atoms with van der Waals surface area (Å²) in [4.78, 5) is 12.2. The Labute approximate surface area is 241 Å². The number of hydrogen-bond acceptors (Lipinski definition) is 3. The van der Waals surface area contributed by atoms with Gasteiger partial charge in [-0.1, -0.05) is 119 Å². The van der Waals surface area contributed by atoms with Gasteiger partial charge in [0.15, 0.2) is 0 Å². The smallest absolute Gasteiger partial charge is 0.220 e. The highest BCUT2D eigenvalue weighted by Crippen LogP contribution is 2.11. The Kier molecular flexibility index (Phi) is 29.1. The molecule has 0 saturated heterocycles. The van der Waals surface area contributed by atoms with E-state index in [1.807, 2.05) is 13.0 Å². The van der Waals surface area contributed by atoms with E-state index < -0.39 is 12.1 Å². The molecule has 0 aromatic rings. The van der Waals surface area contributed by atoms with Gasteiger partial charge in [-0.15, -0.1) is 0 Å². The van der Waals surface area contributed by atoms with Crippen LogP contribution in [0.25, 0.3) is 0 Å². The summed E-state index contributed by atoms with van der Waals surface area (Å²) in [5, 5.41) is 22.7. The van der Waals surface area contributed by atoms with Gasteiger partial charge in [0, 0.05) is 6.42 Å². The topological polar surface area (TPSA) is 69.6 Å². The second-order valence-corrected chi connectivity index (χ2v) is 10.5. The Hall–Kier alpha value is -1.91. The number of allylic oxidation sites excluding steroid dienone is 9. The SMILES string of the molecule is C/C=C/CC/C=C/CC/C=C/C(O)C(CO)NC(=O)CCCCCCCCC/C=C\C/C=C\CCCCCC. The first-order valence-electron chi connectivity index (χ1n) is 16.0. The molecule has 39 heavy (non-hydrogen) atoms. The minimum absolute atomic E-state index is 0.0938. The Morgan fingerprint density at radius 2 is 1.18 bits per heavy atom. The normalized spacial score (nSPS) is 14.1. The number of carbonyl (C=O) groups is 1. The standard InChI is InChI=1S/C35H61NO3/c1-3-5-7-9-11-13-14-15-16-17-18-19-20-21-23-25-27-29-31-35(39)36-33(32-37)34(38)30-28-26-24-22-12-10-8-6-4-2/h4,6,12-14,16-17,22,28,30,33-34,37-38H,3,5,7-11,15,18-21,23-27,29,31-32H2,1-2H3,(H,36,39)/b6-4+,14-13-,17-16-,22-12+,30-28+. The molecule has 0 spiro atoms. The van der Waals surface area contributed by atoms with E-state index in [2.05, 4.69) is 60.8 Å². The van der Waals surface area contributed by atoms with Crippen molar-refractivity contribution in [2.45, 2.75) is 148 Å². The molecule has 4 nitrogen and oxygen atoms in total. The van der Waals surface area contributed by atoms with Crippen molar-refractivity contribution in [2.75, 3.05) is 6.61 Å². The van der Waals surface area contributed by atoms with Gasteiger partial charge in [-0.25, -0.2) is 0 Å². The van der Waals surface area contributed by atoms with Gasteiger partial charge in [-0.05, 0) is 71.1 Å². The van der Waals surface area contributed by atoms with Crippen LogP contribution in [0.3, 0.4) is 0 Å². The summed E-state index contributed by atoms with van der Waals surface area (Å²) in [6.45, 7) is 4.01. The first-order valence-corrected chi connectivity index (χ1v) is 16.0. The van der Waals surface area contributed by atoms with Crippen molar-refractivity contribution in [1.29, 1.82) is 0 Å². The van der Waals surface area contributed by atoms with Crippen LogP contribution in [0.2, 0.25) is 0 Å². The van der Waals surface area contributed by atoms with E-state index in [1.54, 1.807) is 6.08 Å². The van der Waals surface area contributed by atoms with Crippen molar-refractivity contribution < 1.29 is 15.0 Å². The second kappa shape index (κ2) is 30.6. The largest absolute Gasteiger partial charge is 0.394 e. The maximum Gasteiger partial charge on any atom is 0.220 e. The fraction of sp³-hybridized carbons (Fsp3) is 0.686. The number of hydrogen-bond donors (Lipinski definition) is 3. The minimum atomic E-state index is -0.871. The molecular weight excluding hydrogens is 482 g/mol. The summed E-state index contributed by atoms with van der Waals surface area (Å²) in [5.74, 6) is -0.0938. The van der Waals surface area contributed by atoms with Crippen molar-refractivity contribution >= 4 is 5.91 Å². The zero-order valence-corrected chi connectivity index (χ0v) is 25.4. The third kappa shape index (κ3) is 27.4. The predicted molar refractivity (Wildman–Crippen MR) is 170 cm³/mol. The molecule has 0 aromatic heterocycles. The summed E-state index contributed by atoms with van der Waals surface area (Å²) in [5.41, 5.74) is 0. The summed E-state index contributed by atoms with van der Waals surface area (Å²) in [6.07, 6.45) is 41.7. The molecule has 0 aliphatic rings. The molecular formula is C35H61NO3. The van der Waals surface area contributed by atoms with Crippen molar-refractivity contribution in [3.63, 3.8) is 0 Å². The van der Waals surface area contributed by atoms with Gasteiger partial charge >= 0.3 is 0 Å². The summed E-state index contributed by atoms with van der Waals surface area (Å²) < 4.78 is 0. The van der Waals surface area contributed by atoms with Crippen LogP contribution in [0, 0.1) is 0 Å². The maximum atomic E-state index is 12.2. The molecule has 0 fully saturated rings. The number of nitrogens with one attached hydrogen (secondary N) is 1. The summed E-state index contributed by atoms with van der Waals surface area (Å²) in [6, 6.07) is -0.647. The second-order valence-electron chi connectivity index (χ2n) is 10.5. The van der Waals surface area contributed by atoms with Gasteiger partial charge in [0.05, 0.1) is 18.8 Å². The minimum Gasteiger partial charge on any atom is -0.394 e. The Balaban J connectivity index is 3.70. The third-order valence-electron chi connectivity index (χ3n) is 6.80. The molecule has 0 aromatic carbocycles. The molecule has 2 unspecified atom stereocenters. The lowest BCUT2D eigenvalue weighted by atomic mass is 10.1. The first-order chi connectivity index (χ1) is 19.2. The van der Waals surface area contributed by atoms with Crippen LogP contribution in [0.15, 0.2) is 60.8 Å². The molecule has 0 heterocycles. The average Bonchev–Trinajstić information content (AvgIpc) is 2.94. The third-order valence-corrected chi connectivity index (χ3v) is 6.80. The first kappa shape index (κ1) is 37.1. The van der Waals surface area contributed by atoms with Gasteiger partial charge in [0.1, 0.15) is 0 Å². The highest BCUT2D eigenvalue weighted by Gasteiger charge is 2.17. The molecule has 3 N–H and O–H groups in total. The van der Waals surface area contributed by atoms with Crippen LogP contribution in [-0.4, -0.2) is 34.9 Å². The number of aliphatic hydroxyl groups excluding tert-OH is 2. The quantitative estimate of drug-likeness (QED) is 0.0715. The van der Waals surface area contributed by atoms with Crippen molar-refractivity contribution in [2.24, 2.45) is 0 Å². The van der Waals surface area contributed by atoms with Crippen molar-refractivity contribution in [3.8, 4) is 0 Å². The zero-order chi connectivity index (χ0) is 28.7.